The Labute approximate surface area is 140 Å². The van der Waals surface area contributed by atoms with E-state index in [-0.39, 0.29) is 5.69 Å². The lowest BCUT2D eigenvalue weighted by Crippen LogP contribution is -2.14. The summed E-state index contributed by atoms with van der Waals surface area (Å²) < 4.78 is 45.0. The van der Waals surface area contributed by atoms with Crippen molar-refractivity contribution in [2.24, 2.45) is 0 Å². The van der Waals surface area contributed by atoms with E-state index < -0.39 is 23.5 Å². The number of alkyl halides is 3. The van der Waals surface area contributed by atoms with Gasteiger partial charge in [0.15, 0.2) is 5.69 Å². The van der Waals surface area contributed by atoms with Gasteiger partial charge < -0.3 is 4.74 Å². The molecule has 3 rings (SSSR count). The zero-order chi connectivity index (χ0) is 17.9. The Balaban J connectivity index is 1.75. The molecule has 0 saturated heterocycles. The van der Waals surface area contributed by atoms with Gasteiger partial charge in [-0.3, -0.25) is 0 Å². The minimum absolute atomic E-state index is 0.173. The number of para-hydroxylation sites is 1. The van der Waals surface area contributed by atoms with Crippen LogP contribution in [0, 0.1) is 0 Å². The van der Waals surface area contributed by atoms with Crippen molar-refractivity contribution in [3.8, 4) is 5.75 Å². The van der Waals surface area contributed by atoms with Crippen LogP contribution in [0.4, 0.5) is 13.2 Å². The van der Waals surface area contributed by atoms with Gasteiger partial charge in [-0.05, 0) is 17.7 Å². The summed E-state index contributed by atoms with van der Waals surface area (Å²) in [5, 5.41) is 7.45. The van der Waals surface area contributed by atoms with Gasteiger partial charge in [-0.15, -0.1) is 5.10 Å². The first-order chi connectivity index (χ1) is 11.9. The number of nitrogens with zero attached hydrogens (tertiary/aromatic N) is 3. The second-order valence-corrected chi connectivity index (χ2v) is 5.17. The van der Waals surface area contributed by atoms with Gasteiger partial charge >= 0.3 is 12.1 Å². The van der Waals surface area contributed by atoms with Gasteiger partial charge in [0.25, 0.3) is 0 Å². The second kappa shape index (κ2) is 6.76. The summed E-state index contributed by atoms with van der Waals surface area (Å²) in [6.07, 6.45) is -3.30. The molecular weight excluding hydrogens is 335 g/mol. The van der Waals surface area contributed by atoms with Gasteiger partial charge in [-0.1, -0.05) is 47.7 Å². The minimum atomic E-state index is -4.62. The Hall–Kier alpha value is -3.16. The van der Waals surface area contributed by atoms with Gasteiger partial charge in [0, 0.05) is 0 Å². The number of carbonyl (C=O) groups excluding carboxylic acids is 1. The molecule has 3 aromatic rings. The third kappa shape index (κ3) is 4.03. The molecule has 0 aliphatic rings. The molecule has 0 aliphatic carbocycles. The third-order valence-electron chi connectivity index (χ3n) is 3.33. The van der Waals surface area contributed by atoms with Crippen molar-refractivity contribution >= 4 is 5.97 Å². The van der Waals surface area contributed by atoms with E-state index in [4.69, 9.17) is 4.74 Å². The number of benzene rings is 2. The van der Waals surface area contributed by atoms with E-state index in [1.807, 2.05) is 30.3 Å². The fourth-order valence-electron chi connectivity index (χ4n) is 2.18. The minimum Gasteiger partial charge on any atom is -0.421 e. The number of esters is 1. The molecule has 0 bridgehead atoms. The zero-order valence-electron chi connectivity index (χ0n) is 12.8. The maximum absolute atomic E-state index is 12.9. The first kappa shape index (κ1) is 16.7. The van der Waals surface area contributed by atoms with Crippen LogP contribution in [0.2, 0.25) is 0 Å². The highest BCUT2D eigenvalue weighted by atomic mass is 19.4. The molecule has 25 heavy (non-hydrogen) atoms. The van der Waals surface area contributed by atoms with Gasteiger partial charge in [0.2, 0.25) is 0 Å². The second-order valence-electron chi connectivity index (χ2n) is 5.17. The van der Waals surface area contributed by atoms with Crippen LogP contribution in [-0.2, 0) is 12.7 Å². The maximum atomic E-state index is 12.9. The Morgan fingerprint density at radius 3 is 2.44 bits per heavy atom. The number of aromatic nitrogens is 3. The number of hydrogen-bond donors (Lipinski definition) is 0. The highest BCUT2D eigenvalue weighted by Gasteiger charge is 2.34. The zero-order valence-corrected chi connectivity index (χ0v) is 12.8. The van der Waals surface area contributed by atoms with E-state index >= 15 is 0 Å². The molecule has 0 spiro atoms. The lowest BCUT2D eigenvalue weighted by atomic mass is 10.2. The molecule has 0 fully saturated rings. The van der Waals surface area contributed by atoms with Crippen LogP contribution in [0.5, 0.6) is 5.75 Å². The quantitative estimate of drug-likeness (QED) is 0.535. The fraction of sp³-hybridized carbons (Fsp3) is 0.118. The first-order valence-electron chi connectivity index (χ1n) is 7.26. The molecule has 0 radical (unpaired) electrons. The van der Waals surface area contributed by atoms with Crippen LogP contribution in [0.1, 0.15) is 21.6 Å². The standard InChI is InChI=1S/C17H12F3N3O2/c18-17(19,20)13-8-4-5-9-15(13)25-16(24)14-11-23(22-21-14)10-12-6-2-1-3-7-12/h1-9,11H,10H2. The van der Waals surface area contributed by atoms with E-state index in [1.54, 1.807) is 0 Å². The van der Waals surface area contributed by atoms with Crippen LogP contribution < -0.4 is 4.74 Å². The third-order valence-corrected chi connectivity index (χ3v) is 3.33. The molecule has 0 atom stereocenters. The molecule has 5 nitrogen and oxygen atoms in total. The normalized spacial score (nSPS) is 11.3. The van der Waals surface area contributed by atoms with Crippen molar-refractivity contribution in [3.05, 3.63) is 77.6 Å². The molecule has 0 saturated carbocycles. The van der Waals surface area contributed by atoms with E-state index in [0.29, 0.717) is 6.54 Å². The summed E-state index contributed by atoms with van der Waals surface area (Å²) in [5.41, 5.74) is -0.261. The molecule has 128 valence electrons. The van der Waals surface area contributed by atoms with Crippen LogP contribution in [-0.4, -0.2) is 21.0 Å². The Bertz CT molecular complexity index is 876. The summed E-state index contributed by atoms with van der Waals surface area (Å²) in [4.78, 5) is 12.1. The topological polar surface area (TPSA) is 57.0 Å². The number of ether oxygens (including phenoxy) is 1. The van der Waals surface area contributed by atoms with Crippen LogP contribution in [0.25, 0.3) is 0 Å². The van der Waals surface area contributed by atoms with Gasteiger partial charge in [0.05, 0.1) is 18.3 Å². The lowest BCUT2D eigenvalue weighted by molar-refractivity contribution is -0.138. The highest BCUT2D eigenvalue weighted by Crippen LogP contribution is 2.36. The molecule has 8 heteroatoms. The predicted molar refractivity (Wildman–Crippen MR) is 82.0 cm³/mol. The van der Waals surface area contributed by atoms with E-state index in [0.717, 1.165) is 17.7 Å². The van der Waals surface area contributed by atoms with Gasteiger partial charge in [-0.2, -0.15) is 13.2 Å². The molecular formula is C17H12F3N3O2. The number of halogens is 3. The Morgan fingerprint density at radius 2 is 1.72 bits per heavy atom. The van der Waals surface area contributed by atoms with Crippen LogP contribution in [0.15, 0.2) is 60.8 Å². The summed E-state index contributed by atoms with van der Waals surface area (Å²) >= 11 is 0. The van der Waals surface area contributed by atoms with E-state index in [9.17, 15) is 18.0 Å². The first-order valence-corrected chi connectivity index (χ1v) is 7.26. The van der Waals surface area contributed by atoms with Crippen molar-refractivity contribution in [1.29, 1.82) is 0 Å². The predicted octanol–water partition coefficient (Wildman–Crippen LogP) is 3.56. The summed E-state index contributed by atoms with van der Waals surface area (Å²) in [6.45, 7) is 0.375. The molecule has 0 unspecified atom stereocenters. The molecule has 0 aliphatic heterocycles. The Morgan fingerprint density at radius 1 is 1.04 bits per heavy atom. The monoisotopic (exact) mass is 347 g/mol. The van der Waals surface area contributed by atoms with Crippen molar-refractivity contribution in [3.63, 3.8) is 0 Å². The SMILES string of the molecule is O=C(Oc1ccccc1C(F)(F)F)c1cn(Cc2ccccc2)nn1. The summed E-state index contributed by atoms with van der Waals surface area (Å²) in [5.74, 6) is -1.58. The lowest BCUT2D eigenvalue weighted by Gasteiger charge is -2.11. The van der Waals surface area contributed by atoms with Crippen LogP contribution in [0.3, 0.4) is 0 Å². The maximum Gasteiger partial charge on any atom is 0.419 e. The molecule has 1 heterocycles. The molecule has 2 aromatic carbocycles. The van der Waals surface area contributed by atoms with Crippen LogP contribution >= 0.6 is 0 Å². The number of carbonyl (C=O) groups is 1. The number of rotatable bonds is 4. The van der Waals surface area contributed by atoms with Crippen molar-refractivity contribution in [2.75, 3.05) is 0 Å². The van der Waals surface area contributed by atoms with E-state index in [2.05, 4.69) is 10.3 Å². The molecule has 0 N–H and O–H groups in total. The Kier molecular flexibility index (Phi) is 4.51. The van der Waals surface area contributed by atoms with Crippen molar-refractivity contribution in [2.45, 2.75) is 12.7 Å². The van der Waals surface area contributed by atoms with Crippen molar-refractivity contribution < 1.29 is 22.7 Å². The fourth-order valence-corrected chi connectivity index (χ4v) is 2.18. The van der Waals surface area contributed by atoms with Gasteiger partial charge in [-0.25, -0.2) is 9.48 Å². The average molecular weight is 347 g/mol. The smallest absolute Gasteiger partial charge is 0.419 e. The van der Waals surface area contributed by atoms with E-state index in [1.165, 1.54) is 23.0 Å². The highest BCUT2D eigenvalue weighted by molar-refractivity contribution is 5.88. The average Bonchev–Trinajstić information content (AvgIpc) is 3.04. The summed E-state index contributed by atoms with van der Waals surface area (Å²) in [7, 11) is 0. The number of hydrogen-bond acceptors (Lipinski definition) is 4. The van der Waals surface area contributed by atoms with Gasteiger partial charge in [0.1, 0.15) is 5.75 Å². The largest absolute Gasteiger partial charge is 0.421 e. The van der Waals surface area contributed by atoms with Crippen molar-refractivity contribution in [1.82, 2.24) is 15.0 Å². The summed E-state index contributed by atoms with van der Waals surface area (Å²) in [6, 6.07) is 13.8. The molecule has 0 amide bonds. The molecule has 1 aromatic heterocycles.